The van der Waals surface area contributed by atoms with E-state index in [9.17, 15) is 0 Å². The maximum absolute atomic E-state index is 5.65. The van der Waals surface area contributed by atoms with Crippen LogP contribution in [-0.4, -0.2) is 4.98 Å². The first kappa shape index (κ1) is 13.6. The average molecular weight is 368 g/mol. The van der Waals surface area contributed by atoms with Gasteiger partial charge in [-0.15, -0.1) is 0 Å². The maximum atomic E-state index is 5.65. The smallest absolute Gasteiger partial charge is 0.289 e. The van der Waals surface area contributed by atoms with Crippen LogP contribution in [0.25, 0.3) is 33.0 Å². The number of fused-ring (bicyclic) bond motifs is 3. The molecular formula is C18H10BrNOS. The van der Waals surface area contributed by atoms with Gasteiger partial charge in [-0.25, -0.2) is 4.98 Å². The Labute approximate surface area is 140 Å². The Morgan fingerprint density at radius 2 is 1.68 bits per heavy atom. The second-order valence-corrected chi connectivity index (χ2v) is 6.26. The third kappa shape index (κ3) is 2.25. The summed E-state index contributed by atoms with van der Waals surface area (Å²) in [7, 11) is 0. The van der Waals surface area contributed by atoms with Gasteiger partial charge in [0.2, 0.25) is 0 Å². The van der Waals surface area contributed by atoms with Gasteiger partial charge >= 0.3 is 0 Å². The Balaban J connectivity index is 2.18. The summed E-state index contributed by atoms with van der Waals surface area (Å²) < 4.78 is 6.68. The molecule has 4 heteroatoms. The van der Waals surface area contributed by atoms with Crippen molar-refractivity contribution in [3.05, 3.63) is 70.0 Å². The summed E-state index contributed by atoms with van der Waals surface area (Å²) in [6.45, 7) is 0. The van der Waals surface area contributed by atoms with E-state index < -0.39 is 0 Å². The first-order chi connectivity index (χ1) is 10.7. The molecule has 0 spiro atoms. The molecule has 4 rings (SSSR count). The Hall–Kier alpha value is -2.04. The van der Waals surface area contributed by atoms with Gasteiger partial charge in [-0.1, -0.05) is 58.4 Å². The van der Waals surface area contributed by atoms with Crippen LogP contribution in [0.2, 0.25) is 0 Å². The van der Waals surface area contributed by atoms with Crippen molar-refractivity contribution in [3.63, 3.8) is 0 Å². The predicted molar refractivity (Wildman–Crippen MR) is 95.5 cm³/mol. The van der Waals surface area contributed by atoms with Crippen molar-refractivity contribution in [1.29, 1.82) is 0 Å². The third-order valence-corrected chi connectivity index (χ3v) is 4.35. The Morgan fingerprint density at radius 3 is 2.50 bits per heavy atom. The van der Waals surface area contributed by atoms with Crippen molar-refractivity contribution in [3.8, 4) is 11.3 Å². The molecule has 0 N–H and O–H groups in total. The maximum Gasteiger partial charge on any atom is 0.289 e. The molecule has 0 saturated heterocycles. The van der Waals surface area contributed by atoms with Gasteiger partial charge in [0.15, 0.2) is 0 Å². The molecule has 0 radical (unpaired) electrons. The number of benzene rings is 3. The summed E-state index contributed by atoms with van der Waals surface area (Å²) in [6.07, 6.45) is 0. The highest BCUT2D eigenvalue weighted by Crippen LogP contribution is 2.33. The van der Waals surface area contributed by atoms with Gasteiger partial charge in [0.05, 0.1) is 11.1 Å². The zero-order chi connectivity index (χ0) is 15.1. The summed E-state index contributed by atoms with van der Waals surface area (Å²) in [5, 5.41) is 3.26. The lowest BCUT2D eigenvalue weighted by atomic mass is 10.0. The van der Waals surface area contributed by atoms with Crippen LogP contribution in [0.3, 0.4) is 0 Å². The summed E-state index contributed by atoms with van der Waals surface area (Å²) in [5.41, 5.74) is 2.64. The van der Waals surface area contributed by atoms with Crippen molar-refractivity contribution in [1.82, 2.24) is 4.98 Å². The van der Waals surface area contributed by atoms with Crippen LogP contribution in [0.1, 0.15) is 0 Å². The average Bonchev–Trinajstić information content (AvgIpc) is 2.54. The largest absolute Gasteiger partial charge is 0.430 e. The Kier molecular flexibility index (Phi) is 3.28. The molecule has 4 aromatic rings. The quantitative estimate of drug-likeness (QED) is 0.298. The highest BCUT2D eigenvalue weighted by atomic mass is 79.9. The van der Waals surface area contributed by atoms with Crippen molar-refractivity contribution in [2.75, 3.05) is 0 Å². The van der Waals surface area contributed by atoms with E-state index in [1.165, 1.54) is 0 Å². The fourth-order valence-electron chi connectivity index (χ4n) is 2.66. The number of aromatic nitrogens is 1. The van der Waals surface area contributed by atoms with Gasteiger partial charge in [0.1, 0.15) is 5.58 Å². The van der Waals surface area contributed by atoms with E-state index >= 15 is 0 Å². The van der Waals surface area contributed by atoms with E-state index in [1.807, 2.05) is 48.5 Å². The second kappa shape index (κ2) is 5.30. The monoisotopic (exact) mass is 367 g/mol. The fourth-order valence-corrected chi connectivity index (χ4v) is 3.11. The van der Waals surface area contributed by atoms with Gasteiger partial charge in [0, 0.05) is 10.0 Å². The number of hydrogen-bond donors (Lipinski definition) is 0. The minimum Gasteiger partial charge on any atom is -0.430 e. The molecular weight excluding hydrogens is 358 g/mol. The molecule has 3 aromatic carbocycles. The van der Waals surface area contributed by atoms with Crippen LogP contribution >= 0.6 is 28.1 Å². The number of hydrogen-bond acceptors (Lipinski definition) is 3. The predicted octanol–water partition coefficient (Wildman–Crippen LogP) is 6.14. The third-order valence-electron chi connectivity index (χ3n) is 3.65. The molecule has 0 fully saturated rings. The first-order valence-corrected chi connectivity index (χ1v) is 8.01. The van der Waals surface area contributed by atoms with Gasteiger partial charge in [-0.3, -0.25) is 0 Å². The summed E-state index contributed by atoms with van der Waals surface area (Å²) in [4.78, 5) is 4.73. The fraction of sp³-hybridized carbons (Fsp3) is 0. The van der Waals surface area contributed by atoms with E-state index in [-0.39, 0.29) is 4.84 Å². The van der Waals surface area contributed by atoms with Gasteiger partial charge in [-0.2, -0.15) is 0 Å². The lowest BCUT2D eigenvalue weighted by Crippen LogP contribution is -1.89. The molecule has 0 amide bonds. The Bertz CT molecular complexity index is 1050. The van der Waals surface area contributed by atoms with E-state index in [0.717, 1.165) is 37.5 Å². The molecule has 106 valence electrons. The number of nitrogens with zero attached hydrogens (tertiary/aromatic N) is 1. The van der Waals surface area contributed by atoms with Crippen LogP contribution < -0.4 is 0 Å². The first-order valence-electron chi connectivity index (χ1n) is 6.81. The van der Waals surface area contributed by atoms with E-state index in [4.69, 9.17) is 16.6 Å². The van der Waals surface area contributed by atoms with Gasteiger partial charge in [0.25, 0.3) is 4.84 Å². The summed E-state index contributed by atoms with van der Waals surface area (Å²) in [6, 6.07) is 20.3. The molecule has 0 aliphatic carbocycles. The van der Waals surface area contributed by atoms with Crippen molar-refractivity contribution in [2.24, 2.45) is 0 Å². The lowest BCUT2D eigenvalue weighted by molar-refractivity contribution is 0.562. The highest BCUT2D eigenvalue weighted by molar-refractivity contribution is 9.10. The zero-order valence-electron chi connectivity index (χ0n) is 11.4. The van der Waals surface area contributed by atoms with Crippen molar-refractivity contribution < 1.29 is 4.42 Å². The minimum atomic E-state index is 0.251. The van der Waals surface area contributed by atoms with Gasteiger partial charge < -0.3 is 4.42 Å². The topological polar surface area (TPSA) is 26.0 Å². The van der Waals surface area contributed by atoms with Crippen LogP contribution in [0.5, 0.6) is 0 Å². The molecule has 0 saturated carbocycles. The van der Waals surface area contributed by atoms with Crippen LogP contribution in [0.15, 0.2) is 69.6 Å². The van der Waals surface area contributed by atoms with Gasteiger partial charge in [-0.05, 0) is 41.2 Å². The molecule has 0 aliphatic heterocycles. The van der Waals surface area contributed by atoms with Crippen molar-refractivity contribution in [2.45, 2.75) is 0 Å². The zero-order valence-corrected chi connectivity index (χ0v) is 13.8. The number of halogens is 1. The van der Waals surface area contributed by atoms with E-state index in [2.05, 4.69) is 33.0 Å². The van der Waals surface area contributed by atoms with Crippen LogP contribution in [-0.2, 0) is 0 Å². The molecule has 0 atom stereocenters. The lowest BCUT2D eigenvalue weighted by Gasteiger charge is -2.08. The molecule has 0 unspecified atom stereocenters. The molecule has 0 aliphatic rings. The molecule has 22 heavy (non-hydrogen) atoms. The van der Waals surface area contributed by atoms with Crippen molar-refractivity contribution >= 4 is 49.9 Å². The normalized spacial score (nSPS) is 11.1. The van der Waals surface area contributed by atoms with Crippen LogP contribution in [0, 0.1) is 4.84 Å². The molecule has 0 bridgehead atoms. The second-order valence-electron chi connectivity index (χ2n) is 5.00. The standard InChI is InChI=1S/C18H10BrNOS/c19-13-8-5-12(6-9-13)17-16-14-4-2-1-3-11(14)7-10-15(16)21-18(22)20-17/h1-10H. The van der Waals surface area contributed by atoms with E-state index in [0.29, 0.717) is 0 Å². The molecule has 1 aromatic heterocycles. The summed E-state index contributed by atoms with van der Waals surface area (Å²) in [5.74, 6) is 0. The van der Waals surface area contributed by atoms with Crippen LogP contribution in [0.4, 0.5) is 0 Å². The molecule has 1 heterocycles. The van der Waals surface area contributed by atoms with E-state index in [1.54, 1.807) is 0 Å². The highest BCUT2D eigenvalue weighted by Gasteiger charge is 2.11. The minimum absolute atomic E-state index is 0.251. The SMILES string of the molecule is S=c1nc(-c2ccc(Br)cc2)c2c(ccc3ccccc32)o1. The number of rotatable bonds is 1. The Morgan fingerprint density at radius 1 is 0.909 bits per heavy atom. The summed E-state index contributed by atoms with van der Waals surface area (Å²) >= 11 is 8.65. The molecule has 2 nitrogen and oxygen atoms in total.